The minimum Gasteiger partial charge on any atom is -0.325 e. The van der Waals surface area contributed by atoms with E-state index in [4.69, 9.17) is 5.73 Å². The van der Waals surface area contributed by atoms with Gasteiger partial charge in [-0.3, -0.25) is 0 Å². The van der Waals surface area contributed by atoms with Crippen molar-refractivity contribution in [1.82, 2.24) is 14.6 Å². The van der Waals surface area contributed by atoms with Gasteiger partial charge in [-0.2, -0.15) is 5.10 Å². The molecule has 0 spiro atoms. The lowest BCUT2D eigenvalue weighted by Gasteiger charge is -2.04. The van der Waals surface area contributed by atoms with Crippen LogP contribution in [0.2, 0.25) is 0 Å². The third-order valence-corrected chi connectivity index (χ3v) is 3.31. The standard InChI is InChI=1S/C15H16N4/c1-10-3-5-12(6-4-10)13-7-8-15-17-11(2)14(9-16)19(15)18-13/h3-8H,9,16H2,1-2H3. The molecule has 19 heavy (non-hydrogen) atoms. The normalized spacial score (nSPS) is 11.1. The number of rotatable bonds is 2. The first kappa shape index (κ1) is 11.9. The highest BCUT2D eigenvalue weighted by atomic mass is 15.3. The van der Waals surface area contributed by atoms with Crippen molar-refractivity contribution in [2.45, 2.75) is 20.4 Å². The van der Waals surface area contributed by atoms with Gasteiger partial charge in [0.1, 0.15) is 0 Å². The molecule has 0 radical (unpaired) electrons. The molecule has 0 unspecified atom stereocenters. The first-order valence-electron chi connectivity index (χ1n) is 6.31. The Hall–Kier alpha value is -2.20. The molecule has 0 bridgehead atoms. The fourth-order valence-corrected chi connectivity index (χ4v) is 2.20. The molecular weight excluding hydrogens is 236 g/mol. The molecule has 0 saturated carbocycles. The molecule has 3 aromatic rings. The van der Waals surface area contributed by atoms with Crippen LogP contribution in [0.4, 0.5) is 0 Å². The zero-order chi connectivity index (χ0) is 13.4. The van der Waals surface area contributed by atoms with Crippen molar-refractivity contribution < 1.29 is 0 Å². The predicted octanol–water partition coefficient (Wildman–Crippen LogP) is 2.47. The Kier molecular flexibility index (Phi) is 2.80. The van der Waals surface area contributed by atoms with Crippen molar-refractivity contribution in [3.05, 3.63) is 53.3 Å². The third kappa shape index (κ3) is 2.00. The maximum Gasteiger partial charge on any atom is 0.154 e. The summed E-state index contributed by atoms with van der Waals surface area (Å²) in [7, 11) is 0. The predicted molar refractivity (Wildman–Crippen MR) is 75.8 cm³/mol. The molecular formula is C15H16N4. The summed E-state index contributed by atoms with van der Waals surface area (Å²) in [5.74, 6) is 0. The van der Waals surface area contributed by atoms with Crippen LogP contribution in [-0.4, -0.2) is 14.6 Å². The van der Waals surface area contributed by atoms with Crippen LogP contribution in [0.15, 0.2) is 36.4 Å². The van der Waals surface area contributed by atoms with Crippen LogP contribution in [0.5, 0.6) is 0 Å². The summed E-state index contributed by atoms with van der Waals surface area (Å²) in [6.07, 6.45) is 0. The van der Waals surface area contributed by atoms with Gasteiger partial charge in [0.15, 0.2) is 5.65 Å². The van der Waals surface area contributed by atoms with Gasteiger partial charge in [-0.05, 0) is 26.0 Å². The molecule has 4 heteroatoms. The average molecular weight is 252 g/mol. The van der Waals surface area contributed by atoms with Gasteiger partial charge in [-0.15, -0.1) is 0 Å². The topological polar surface area (TPSA) is 56.2 Å². The average Bonchev–Trinajstić information content (AvgIpc) is 2.74. The summed E-state index contributed by atoms with van der Waals surface area (Å²) < 4.78 is 1.84. The lowest BCUT2D eigenvalue weighted by Crippen LogP contribution is -2.05. The van der Waals surface area contributed by atoms with Crippen LogP contribution in [0.3, 0.4) is 0 Å². The van der Waals surface area contributed by atoms with Gasteiger partial charge in [0, 0.05) is 12.1 Å². The smallest absolute Gasteiger partial charge is 0.154 e. The first-order valence-corrected chi connectivity index (χ1v) is 6.31. The van der Waals surface area contributed by atoms with Gasteiger partial charge in [0.25, 0.3) is 0 Å². The number of aromatic nitrogens is 3. The molecule has 4 nitrogen and oxygen atoms in total. The molecule has 2 N–H and O–H groups in total. The van der Waals surface area contributed by atoms with Gasteiger partial charge < -0.3 is 5.73 Å². The number of fused-ring (bicyclic) bond motifs is 1. The summed E-state index contributed by atoms with van der Waals surface area (Å²) in [5, 5.41) is 4.64. The molecule has 0 amide bonds. The fraction of sp³-hybridized carbons (Fsp3) is 0.200. The number of nitrogens with zero attached hydrogens (tertiary/aromatic N) is 3. The van der Waals surface area contributed by atoms with E-state index in [-0.39, 0.29) is 0 Å². The highest BCUT2D eigenvalue weighted by Crippen LogP contribution is 2.19. The molecule has 3 rings (SSSR count). The van der Waals surface area contributed by atoms with E-state index >= 15 is 0 Å². The number of hydrogen-bond donors (Lipinski definition) is 1. The summed E-state index contributed by atoms with van der Waals surface area (Å²) in [6, 6.07) is 12.3. The first-order chi connectivity index (χ1) is 9.19. The Morgan fingerprint density at radius 2 is 1.79 bits per heavy atom. The second-order valence-corrected chi connectivity index (χ2v) is 4.70. The number of nitrogens with two attached hydrogens (primary N) is 1. The van der Waals surface area contributed by atoms with E-state index in [1.54, 1.807) is 0 Å². The van der Waals surface area contributed by atoms with Crippen LogP contribution < -0.4 is 5.73 Å². The zero-order valence-corrected chi connectivity index (χ0v) is 11.1. The van der Waals surface area contributed by atoms with Crippen molar-refractivity contribution in [3.8, 4) is 11.3 Å². The number of imidazole rings is 1. The Morgan fingerprint density at radius 3 is 2.47 bits per heavy atom. The second-order valence-electron chi connectivity index (χ2n) is 4.70. The van der Waals surface area contributed by atoms with Crippen molar-refractivity contribution in [1.29, 1.82) is 0 Å². The monoisotopic (exact) mass is 252 g/mol. The summed E-state index contributed by atoms with van der Waals surface area (Å²) in [6.45, 7) is 4.48. The van der Waals surface area contributed by atoms with Gasteiger partial charge >= 0.3 is 0 Å². The maximum absolute atomic E-state index is 5.77. The van der Waals surface area contributed by atoms with E-state index < -0.39 is 0 Å². The molecule has 2 heterocycles. The van der Waals surface area contributed by atoms with E-state index in [1.165, 1.54) is 5.56 Å². The van der Waals surface area contributed by atoms with Crippen LogP contribution in [0.25, 0.3) is 16.9 Å². The number of aryl methyl sites for hydroxylation is 2. The zero-order valence-electron chi connectivity index (χ0n) is 11.1. The highest BCUT2D eigenvalue weighted by molar-refractivity contribution is 5.61. The van der Waals surface area contributed by atoms with Crippen LogP contribution in [-0.2, 0) is 6.54 Å². The van der Waals surface area contributed by atoms with E-state index in [0.717, 1.165) is 28.3 Å². The number of benzene rings is 1. The second kappa shape index (κ2) is 4.48. The van der Waals surface area contributed by atoms with Crippen molar-refractivity contribution in [2.75, 3.05) is 0 Å². The number of hydrogen-bond acceptors (Lipinski definition) is 3. The fourth-order valence-electron chi connectivity index (χ4n) is 2.20. The quantitative estimate of drug-likeness (QED) is 0.762. The Morgan fingerprint density at radius 1 is 1.05 bits per heavy atom. The van der Waals surface area contributed by atoms with Crippen molar-refractivity contribution in [2.24, 2.45) is 5.73 Å². The Balaban J connectivity index is 2.17. The highest BCUT2D eigenvalue weighted by Gasteiger charge is 2.09. The van der Waals surface area contributed by atoms with Crippen LogP contribution in [0, 0.1) is 13.8 Å². The lowest BCUT2D eigenvalue weighted by molar-refractivity contribution is 0.843. The molecule has 96 valence electrons. The molecule has 0 aliphatic heterocycles. The Labute approximate surface area is 111 Å². The van der Waals surface area contributed by atoms with E-state index in [0.29, 0.717) is 6.54 Å². The SMILES string of the molecule is Cc1ccc(-c2ccc3nc(C)c(CN)n3n2)cc1. The van der Waals surface area contributed by atoms with E-state index in [9.17, 15) is 0 Å². The summed E-state index contributed by atoms with van der Waals surface area (Å²) in [4.78, 5) is 4.45. The summed E-state index contributed by atoms with van der Waals surface area (Å²) >= 11 is 0. The third-order valence-electron chi connectivity index (χ3n) is 3.31. The van der Waals surface area contributed by atoms with Gasteiger partial charge in [0.2, 0.25) is 0 Å². The lowest BCUT2D eigenvalue weighted by atomic mass is 10.1. The van der Waals surface area contributed by atoms with Crippen LogP contribution in [0.1, 0.15) is 17.0 Å². The minimum absolute atomic E-state index is 0.442. The van der Waals surface area contributed by atoms with Gasteiger partial charge in [-0.25, -0.2) is 9.50 Å². The molecule has 0 saturated heterocycles. The van der Waals surface area contributed by atoms with Crippen molar-refractivity contribution in [3.63, 3.8) is 0 Å². The molecule has 2 aromatic heterocycles. The molecule has 0 aliphatic rings. The molecule has 1 aromatic carbocycles. The van der Waals surface area contributed by atoms with E-state index in [2.05, 4.69) is 41.3 Å². The molecule has 0 aliphatic carbocycles. The Bertz CT molecular complexity index is 726. The maximum atomic E-state index is 5.77. The molecule has 0 fully saturated rings. The molecule has 0 atom stereocenters. The van der Waals surface area contributed by atoms with Gasteiger partial charge in [0.05, 0.1) is 17.1 Å². The largest absolute Gasteiger partial charge is 0.325 e. The van der Waals surface area contributed by atoms with E-state index in [1.807, 2.05) is 23.6 Å². The van der Waals surface area contributed by atoms with Crippen molar-refractivity contribution >= 4 is 5.65 Å². The minimum atomic E-state index is 0.442. The summed E-state index contributed by atoms with van der Waals surface area (Å²) in [5.41, 5.74) is 11.8. The van der Waals surface area contributed by atoms with Crippen LogP contribution >= 0.6 is 0 Å². The van der Waals surface area contributed by atoms with Gasteiger partial charge in [-0.1, -0.05) is 29.8 Å².